The van der Waals surface area contributed by atoms with Crippen LogP contribution in [-0.2, 0) is 10.5 Å². The fraction of sp³-hybridized carbons (Fsp3) is 0.417. The molecular formula is C12H16N2O. The van der Waals surface area contributed by atoms with E-state index in [1.54, 1.807) is 4.90 Å². The summed E-state index contributed by atoms with van der Waals surface area (Å²) in [6, 6.07) is 9.85. The molecule has 1 saturated heterocycles. The van der Waals surface area contributed by atoms with Gasteiger partial charge in [0.25, 0.3) is 0 Å². The Labute approximate surface area is 89.9 Å². The average Bonchev–Trinajstić information content (AvgIpc) is 2.31. The van der Waals surface area contributed by atoms with Gasteiger partial charge in [0.2, 0.25) is 6.41 Å². The Kier molecular flexibility index (Phi) is 2.73. The Hall–Kier alpha value is -1.35. The van der Waals surface area contributed by atoms with Crippen LogP contribution in [0.2, 0.25) is 0 Å². The number of nitrogens with zero attached hydrogens (tertiary/aromatic N) is 1. The van der Waals surface area contributed by atoms with Gasteiger partial charge in [0, 0.05) is 6.54 Å². The van der Waals surface area contributed by atoms with E-state index >= 15 is 0 Å². The van der Waals surface area contributed by atoms with E-state index in [0.29, 0.717) is 0 Å². The van der Waals surface area contributed by atoms with Crippen molar-refractivity contribution >= 4 is 6.41 Å². The van der Waals surface area contributed by atoms with E-state index in [0.717, 1.165) is 37.8 Å². The second-order valence-electron chi connectivity index (χ2n) is 4.05. The highest BCUT2D eigenvalue weighted by Crippen LogP contribution is 2.31. The third kappa shape index (κ3) is 1.75. The molecule has 1 amide bonds. The monoisotopic (exact) mass is 204 g/mol. The van der Waals surface area contributed by atoms with Gasteiger partial charge >= 0.3 is 0 Å². The van der Waals surface area contributed by atoms with Crippen LogP contribution in [0.4, 0.5) is 0 Å². The first-order valence-electron chi connectivity index (χ1n) is 5.34. The summed E-state index contributed by atoms with van der Waals surface area (Å²) < 4.78 is 0. The fourth-order valence-corrected chi connectivity index (χ4v) is 2.20. The van der Waals surface area contributed by atoms with Gasteiger partial charge in [-0.15, -0.1) is 0 Å². The Morgan fingerprint density at radius 3 is 2.67 bits per heavy atom. The predicted octanol–water partition coefficient (Wildman–Crippen LogP) is 1.44. The summed E-state index contributed by atoms with van der Waals surface area (Å²) in [5.41, 5.74) is 6.76. The van der Waals surface area contributed by atoms with E-state index in [4.69, 9.17) is 5.73 Å². The summed E-state index contributed by atoms with van der Waals surface area (Å²) in [5, 5.41) is 0. The predicted molar refractivity (Wildman–Crippen MR) is 58.9 cm³/mol. The minimum Gasteiger partial charge on any atom is -0.323 e. The van der Waals surface area contributed by atoms with Crippen molar-refractivity contribution in [2.75, 3.05) is 6.54 Å². The van der Waals surface area contributed by atoms with Gasteiger partial charge in [-0.25, -0.2) is 0 Å². The lowest BCUT2D eigenvalue weighted by Crippen LogP contribution is -2.55. The topological polar surface area (TPSA) is 46.3 Å². The maximum atomic E-state index is 11.0. The number of nitrogens with two attached hydrogens (primary N) is 1. The molecule has 0 radical (unpaired) electrons. The van der Waals surface area contributed by atoms with Gasteiger partial charge in [-0.1, -0.05) is 30.3 Å². The minimum atomic E-state index is -0.596. The first kappa shape index (κ1) is 10.2. The second-order valence-corrected chi connectivity index (χ2v) is 4.05. The molecule has 0 bridgehead atoms. The van der Waals surface area contributed by atoms with Crippen LogP contribution >= 0.6 is 0 Å². The zero-order chi connectivity index (χ0) is 10.7. The number of hydrogen-bond acceptors (Lipinski definition) is 2. The van der Waals surface area contributed by atoms with Crippen molar-refractivity contribution in [3.8, 4) is 0 Å². The lowest BCUT2D eigenvalue weighted by Gasteiger charge is -2.42. The Balaban J connectivity index is 2.34. The van der Waals surface area contributed by atoms with E-state index in [2.05, 4.69) is 0 Å². The molecule has 3 heteroatoms. The van der Waals surface area contributed by atoms with Crippen molar-refractivity contribution in [3.05, 3.63) is 35.9 Å². The molecule has 0 aliphatic carbocycles. The Bertz CT molecular complexity index is 339. The van der Waals surface area contributed by atoms with Crippen molar-refractivity contribution in [1.29, 1.82) is 0 Å². The van der Waals surface area contributed by atoms with E-state index in [1.807, 2.05) is 30.3 Å². The summed E-state index contributed by atoms with van der Waals surface area (Å²) in [6.07, 6.45) is 3.84. The standard InChI is InChI=1S/C12H16N2O/c13-12(11-6-2-1-3-7-11)8-4-5-9-14(12)10-15/h1-3,6-7,10H,4-5,8-9,13H2. The van der Waals surface area contributed by atoms with Crippen LogP contribution < -0.4 is 5.73 Å². The van der Waals surface area contributed by atoms with Crippen LogP contribution in [0, 0.1) is 0 Å². The first-order chi connectivity index (χ1) is 7.27. The third-order valence-electron chi connectivity index (χ3n) is 3.12. The molecule has 1 aromatic carbocycles. The van der Waals surface area contributed by atoms with Gasteiger partial charge in [0.15, 0.2) is 0 Å². The fourth-order valence-electron chi connectivity index (χ4n) is 2.20. The van der Waals surface area contributed by atoms with Gasteiger partial charge in [-0.3, -0.25) is 4.79 Å². The van der Waals surface area contributed by atoms with Gasteiger partial charge in [-0.2, -0.15) is 0 Å². The molecule has 15 heavy (non-hydrogen) atoms. The summed E-state index contributed by atoms with van der Waals surface area (Å²) in [5.74, 6) is 0. The van der Waals surface area contributed by atoms with Crippen LogP contribution in [0.3, 0.4) is 0 Å². The van der Waals surface area contributed by atoms with Gasteiger partial charge in [-0.05, 0) is 24.8 Å². The van der Waals surface area contributed by atoms with Crippen LogP contribution in [0.25, 0.3) is 0 Å². The molecule has 1 atom stereocenters. The van der Waals surface area contributed by atoms with Crippen LogP contribution in [0.1, 0.15) is 24.8 Å². The van der Waals surface area contributed by atoms with Crippen molar-refractivity contribution in [1.82, 2.24) is 4.90 Å². The summed E-state index contributed by atoms with van der Waals surface area (Å²) >= 11 is 0. The van der Waals surface area contributed by atoms with Crippen LogP contribution in [0.15, 0.2) is 30.3 Å². The molecule has 0 aromatic heterocycles. The molecule has 0 spiro atoms. The zero-order valence-electron chi connectivity index (χ0n) is 8.73. The number of rotatable bonds is 2. The number of piperidine rings is 1. The number of likely N-dealkylation sites (tertiary alicyclic amines) is 1. The maximum Gasteiger partial charge on any atom is 0.211 e. The molecular weight excluding hydrogens is 188 g/mol. The highest BCUT2D eigenvalue weighted by Gasteiger charge is 2.35. The van der Waals surface area contributed by atoms with E-state index in [9.17, 15) is 4.79 Å². The number of amides is 1. The number of benzene rings is 1. The summed E-state index contributed by atoms with van der Waals surface area (Å²) in [7, 11) is 0. The third-order valence-corrected chi connectivity index (χ3v) is 3.12. The highest BCUT2D eigenvalue weighted by molar-refractivity contribution is 5.50. The SMILES string of the molecule is NC1(c2ccccc2)CCCCN1C=O. The normalized spacial score (nSPS) is 26.3. The average molecular weight is 204 g/mol. The molecule has 1 fully saturated rings. The van der Waals surface area contributed by atoms with E-state index < -0.39 is 5.66 Å². The summed E-state index contributed by atoms with van der Waals surface area (Å²) in [6.45, 7) is 0.759. The molecule has 2 rings (SSSR count). The molecule has 2 N–H and O–H groups in total. The lowest BCUT2D eigenvalue weighted by atomic mass is 9.89. The second kappa shape index (κ2) is 4.03. The Morgan fingerprint density at radius 2 is 2.00 bits per heavy atom. The largest absolute Gasteiger partial charge is 0.323 e. The summed E-state index contributed by atoms with van der Waals surface area (Å²) in [4.78, 5) is 12.7. The molecule has 1 aromatic rings. The molecule has 1 unspecified atom stereocenters. The number of carbonyl (C=O) groups is 1. The minimum absolute atomic E-state index is 0.596. The first-order valence-corrected chi connectivity index (χ1v) is 5.34. The number of carbonyl (C=O) groups excluding carboxylic acids is 1. The van der Waals surface area contributed by atoms with Crippen LogP contribution in [0.5, 0.6) is 0 Å². The highest BCUT2D eigenvalue weighted by atomic mass is 16.1. The molecule has 1 aliphatic heterocycles. The molecule has 0 saturated carbocycles. The van der Waals surface area contributed by atoms with Crippen LogP contribution in [-0.4, -0.2) is 17.9 Å². The lowest BCUT2D eigenvalue weighted by molar-refractivity contribution is -0.126. The van der Waals surface area contributed by atoms with Crippen molar-refractivity contribution in [2.45, 2.75) is 24.9 Å². The van der Waals surface area contributed by atoms with E-state index in [1.165, 1.54) is 0 Å². The zero-order valence-corrected chi connectivity index (χ0v) is 8.73. The van der Waals surface area contributed by atoms with Gasteiger partial charge < -0.3 is 10.6 Å². The molecule has 80 valence electrons. The smallest absolute Gasteiger partial charge is 0.211 e. The van der Waals surface area contributed by atoms with E-state index in [-0.39, 0.29) is 0 Å². The quantitative estimate of drug-likeness (QED) is 0.741. The van der Waals surface area contributed by atoms with Crippen molar-refractivity contribution < 1.29 is 4.79 Å². The maximum absolute atomic E-state index is 11.0. The van der Waals surface area contributed by atoms with Gasteiger partial charge in [0.05, 0.1) is 0 Å². The molecule has 1 heterocycles. The molecule has 1 aliphatic rings. The number of hydrogen-bond donors (Lipinski definition) is 1. The Morgan fingerprint density at radius 1 is 1.27 bits per heavy atom. The van der Waals surface area contributed by atoms with Crippen molar-refractivity contribution in [2.24, 2.45) is 5.73 Å². The van der Waals surface area contributed by atoms with Crippen molar-refractivity contribution in [3.63, 3.8) is 0 Å². The van der Waals surface area contributed by atoms with Gasteiger partial charge in [0.1, 0.15) is 5.66 Å². The molecule has 3 nitrogen and oxygen atoms in total.